The average molecular weight is 210 g/mol. The van der Waals surface area contributed by atoms with Crippen molar-refractivity contribution in [2.75, 3.05) is 6.54 Å². The molecule has 0 bridgehead atoms. The van der Waals surface area contributed by atoms with Crippen molar-refractivity contribution in [3.05, 3.63) is 0 Å². The molecular formula is C12H22N2O. The van der Waals surface area contributed by atoms with Crippen LogP contribution in [0.3, 0.4) is 0 Å². The summed E-state index contributed by atoms with van der Waals surface area (Å²) in [7, 11) is 0. The lowest BCUT2D eigenvalue weighted by Gasteiger charge is -2.39. The highest BCUT2D eigenvalue weighted by Crippen LogP contribution is 2.40. The highest BCUT2D eigenvalue weighted by molar-refractivity contribution is 5.80. The Morgan fingerprint density at radius 3 is 2.47 bits per heavy atom. The van der Waals surface area contributed by atoms with Gasteiger partial charge in [0.15, 0.2) is 0 Å². The Morgan fingerprint density at radius 2 is 2.00 bits per heavy atom. The van der Waals surface area contributed by atoms with Crippen molar-refractivity contribution >= 4 is 5.91 Å². The first-order valence-corrected chi connectivity index (χ1v) is 6.09. The van der Waals surface area contributed by atoms with Gasteiger partial charge in [0.25, 0.3) is 0 Å². The average Bonchev–Trinajstić information content (AvgIpc) is 2.72. The van der Waals surface area contributed by atoms with Gasteiger partial charge in [0, 0.05) is 23.9 Å². The van der Waals surface area contributed by atoms with Crippen LogP contribution in [-0.4, -0.2) is 28.9 Å². The van der Waals surface area contributed by atoms with Gasteiger partial charge in [0.05, 0.1) is 0 Å². The third kappa shape index (κ3) is 1.67. The number of nitrogens with zero attached hydrogens (tertiary/aromatic N) is 1. The molecule has 2 rings (SSSR count). The lowest BCUT2D eigenvalue weighted by atomic mass is 9.88. The fourth-order valence-electron chi connectivity index (χ4n) is 3.29. The van der Waals surface area contributed by atoms with Gasteiger partial charge in [-0.05, 0) is 33.2 Å². The molecule has 1 saturated heterocycles. The summed E-state index contributed by atoms with van der Waals surface area (Å²) >= 11 is 0. The van der Waals surface area contributed by atoms with Gasteiger partial charge in [-0.2, -0.15) is 0 Å². The summed E-state index contributed by atoms with van der Waals surface area (Å²) in [6.45, 7) is 4.98. The molecule has 2 fully saturated rings. The molecule has 15 heavy (non-hydrogen) atoms. The number of carbonyl (C=O) groups is 1. The van der Waals surface area contributed by atoms with Gasteiger partial charge in [0.2, 0.25) is 5.91 Å². The van der Waals surface area contributed by atoms with E-state index in [0.29, 0.717) is 30.8 Å². The Kier molecular flexibility index (Phi) is 2.75. The lowest BCUT2D eigenvalue weighted by Crippen LogP contribution is -2.50. The first-order chi connectivity index (χ1) is 7.07. The summed E-state index contributed by atoms with van der Waals surface area (Å²) in [5, 5.41) is 0. The summed E-state index contributed by atoms with van der Waals surface area (Å²) in [4.78, 5) is 14.2. The molecule has 3 nitrogen and oxygen atoms in total. The van der Waals surface area contributed by atoms with E-state index >= 15 is 0 Å². The minimum atomic E-state index is -0.0269. The van der Waals surface area contributed by atoms with Crippen LogP contribution in [0.15, 0.2) is 0 Å². The van der Waals surface area contributed by atoms with Gasteiger partial charge in [-0.25, -0.2) is 0 Å². The van der Waals surface area contributed by atoms with Crippen LogP contribution in [0.4, 0.5) is 0 Å². The van der Waals surface area contributed by atoms with Gasteiger partial charge >= 0.3 is 0 Å². The number of amides is 1. The highest BCUT2D eigenvalue weighted by atomic mass is 16.2. The third-order valence-corrected chi connectivity index (χ3v) is 4.28. The molecule has 1 aliphatic carbocycles. The summed E-state index contributed by atoms with van der Waals surface area (Å²) in [6.07, 6.45) is 5.58. The summed E-state index contributed by atoms with van der Waals surface area (Å²) in [5.74, 6) is 0.660. The molecular weight excluding hydrogens is 188 g/mol. The summed E-state index contributed by atoms with van der Waals surface area (Å²) in [6, 6.07) is 0.490. The van der Waals surface area contributed by atoms with Crippen LogP contribution in [0.5, 0.6) is 0 Å². The maximum atomic E-state index is 12.0. The molecule has 1 aliphatic heterocycles. The molecule has 0 aromatic carbocycles. The van der Waals surface area contributed by atoms with Crippen molar-refractivity contribution in [2.45, 2.75) is 57.5 Å². The molecule has 1 heterocycles. The molecule has 0 radical (unpaired) electrons. The normalized spacial score (nSPS) is 31.5. The van der Waals surface area contributed by atoms with E-state index in [1.807, 2.05) is 0 Å². The predicted molar refractivity (Wildman–Crippen MR) is 60.3 cm³/mol. The van der Waals surface area contributed by atoms with E-state index in [0.717, 1.165) is 0 Å². The third-order valence-electron chi connectivity index (χ3n) is 4.28. The van der Waals surface area contributed by atoms with Crippen LogP contribution >= 0.6 is 0 Å². The van der Waals surface area contributed by atoms with Crippen molar-refractivity contribution in [3.8, 4) is 0 Å². The van der Waals surface area contributed by atoms with Crippen LogP contribution in [0.1, 0.15) is 46.0 Å². The second-order valence-electron chi connectivity index (χ2n) is 5.49. The SMILES string of the molecule is CC1(C)C(CN)CC(=O)N1C1CCCC1. The van der Waals surface area contributed by atoms with Crippen molar-refractivity contribution in [2.24, 2.45) is 11.7 Å². The second-order valence-corrected chi connectivity index (χ2v) is 5.49. The Hall–Kier alpha value is -0.570. The minimum absolute atomic E-state index is 0.0269. The number of rotatable bonds is 2. The van der Waals surface area contributed by atoms with Gasteiger partial charge in [-0.3, -0.25) is 4.79 Å². The largest absolute Gasteiger partial charge is 0.334 e. The first kappa shape index (κ1) is 10.9. The quantitative estimate of drug-likeness (QED) is 0.751. The lowest BCUT2D eigenvalue weighted by molar-refractivity contribution is -0.133. The molecule has 2 N–H and O–H groups in total. The minimum Gasteiger partial charge on any atom is -0.334 e. The van der Waals surface area contributed by atoms with Gasteiger partial charge < -0.3 is 10.6 Å². The molecule has 2 aliphatic rings. The Bertz CT molecular complexity index is 256. The van der Waals surface area contributed by atoms with Gasteiger partial charge in [-0.1, -0.05) is 12.8 Å². The smallest absolute Gasteiger partial charge is 0.223 e. The number of hydrogen-bond donors (Lipinski definition) is 1. The number of nitrogens with two attached hydrogens (primary N) is 1. The van der Waals surface area contributed by atoms with Crippen molar-refractivity contribution in [3.63, 3.8) is 0 Å². The fraction of sp³-hybridized carbons (Fsp3) is 0.917. The van der Waals surface area contributed by atoms with Crippen LogP contribution in [0.2, 0.25) is 0 Å². The summed E-state index contributed by atoms with van der Waals surface area (Å²) in [5.41, 5.74) is 5.73. The zero-order valence-corrected chi connectivity index (χ0v) is 9.83. The van der Waals surface area contributed by atoms with E-state index in [-0.39, 0.29) is 5.54 Å². The van der Waals surface area contributed by atoms with E-state index in [2.05, 4.69) is 18.7 Å². The predicted octanol–water partition coefficient (Wildman–Crippen LogP) is 1.51. The maximum Gasteiger partial charge on any atom is 0.223 e. The van der Waals surface area contributed by atoms with Crippen molar-refractivity contribution in [1.82, 2.24) is 4.90 Å². The Labute approximate surface area is 92.0 Å². The molecule has 1 unspecified atom stereocenters. The molecule has 0 aromatic rings. The van der Waals surface area contributed by atoms with Gasteiger partial charge in [0.1, 0.15) is 0 Å². The topological polar surface area (TPSA) is 46.3 Å². The first-order valence-electron chi connectivity index (χ1n) is 6.09. The van der Waals surface area contributed by atoms with E-state index in [9.17, 15) is 4.79 Å². The van der Waals surface area contributed by atoms with Crippen molar-refractivity contribution in [1.29, 1.82) is 0 Å². The zero-order chi connectivity index (χ0) is 11.1. The Morgan fingerprint density at radius 1 is 1.40 bits per heavy atom. The van der Waals surface area contributed by atoms with Crippen molar-refractivity contribution < 1.29 is 4.79 Å². The standard InChI is InChI=1S/C12H22N2O/c1-12(2)9(8-13)7-11(15)14(12)10-5-3-4-6-10/h9-10H,3-8,13H2,1-2H3. The fourth-order valence-corrected chi connectivity index (χ4v) is 3.29. The maximum absolute atomic E-state index is 12.0. The highest BCUT2D eigenvalue weighted by Gasteiger charge is 2.48. The van der Waals surface area contributed by atoms with Crippen LogP contribution < -0.4 is 5.73 Å². The molecule has 1 amide bonds. The van der Waals surface area contributed by atoms with Crippen LogP contribution in [0, 0.1) is 5.92 Å². The molecule has 0 aromatic heterocycles. The Balaban J connectivity index is 2.18. The zero-order valence-electron chi connectivity index (χ0n) is 9.83. The molecule has 1 saturated carbocycles. The monoisotopic (exact) mass is 210 g/mol. The van der Waals surface area contributed by atoms with E-state index in [1.165, 1.54) is 25.7 Å². The number of likely N-dealkylation sites (tertiary alicyclic amines) is 1. The number of carbonyl (C=O) groups excluding carboxylic acids is 1. The molecule has 0 spiro atoms. The molecule has 1 atom stereocenters. The van der Waals surface area contributed by atoms with Gasteiger partial charge in [-0.15, -0.1) is 0 Å². The van der Waals surface area contributed by atoms with E-state index in [4.69, 9.17) is 5.73 Å². The van der Waals surface area contributed by atoms with E-state index < -0.39 is 0 Å². The molecule has 86 valence electrons. The van der Waals surface area contributed by atoms with Crippen LogP contribution in [-0.2, 0) is 4.79 Å². The number of hydrogen-bond acceptors (Lipinski definition) is 2. The second kappa shape index (κ2) is 3.78. The molecule has 3 heteroatoms. The van der Waals surface area contributed by atoms with E-state index in [1.54, 1.807) is 0 Å². The summed E-state index contributed by atoms with van der Waals surface area (Å²) < 4.78 is 0. The van der Waals surface area contributed by atoms with Crippen LogP contribution in [0.25, 0.3) is 0 Å².